The molecule has 15 heavy (non-hydrogen) atoms. The Morgan fingerprint density at radius 3 is 2.53 bits per heavy atom. The van der Waals surface area contributed by atoms with Gasteiger partial charge in [0.2, 0.25) is 0 Å². The van der Waals surface area contributed by atoms with Crippen LogP contribution in [0.1, 0.15) is 64.2 Å². The van der Waals surface area contributed by atoms with Gasteiger partial charge in [-0.2, -0.15) is 0 Å². The fraction of sp³-hybridized carbons (Fsp3) is 1.00. The Balaban J connectivity index is 1.70. The highest BCUT2D eigenvalue weighted by atomic mass is 14.9. The van der Waals surface area contributed by atoms with E-state index in [0.29, 0.717) is 0 Å². The molecule has 1 aliphatic carbocycles. The van der Waals surface area contributed by atoms with E-state index in [9.17, 15) is 0 Å². The van der Waals surface area contributed by atoms with Crippen molar-refractivity contribution in [2.75, 3.05) is 6.54 Å². The van der Waals surface area contributed by atoms with Gasteiger partial charge in [0.1, 0.15) is 0 Å². The van der Waals surface area contributed by atoms with Crippen molar-refractivity contribution in [1.29, 1.82) is 0 Å². The highest BCUT2D eigenvalue weighted by Crippen LogP contribution is 2.30. The molecular formula is C13H26N2. The Bertz CT molecular complexity index is 179. The zero-order valence-electron chi connectivity index (χ0n) is 9.93. The van der Waals surface area contributed by atoms with Crippen LogP contribution in [0.3, 0.4) is 0 Å². The molecule has 2 heteroatoms. The molecule has 0 bridgehead atoms. The Morgan fingerprint density at radius 2 is 1.87 bits per heavy atom. The smallest absolute Gasteiger partial charge is 0.0154 e. The van der Waals surface area contributed by atoms with Crippen LogP contribution in [0, 0.1) is 0 Å². The molecule has 1 unspecified atom stereocenters. The molecule has 2 fully saturated rings. The minimum absolute atomic E-state index is 0.192. The quantitative estimate of drug-likeness (QED) is 0.751. The maximum absolute atomic E-state index is 6.45. The van der Waals surface area contributed by atoms with Crippen molar-refractivity contribution < 1.29 is 0 Å². The minimum atomic E-state index is 0.192. The summed E-state index contributed by atoms with van der Waals surface area (Å²) < 4.78 is 0. The number of rotatable bonds is 3. The second kappa shape index (κ2) is 5.31. The first kappa shape index (κ1) is 11.4. The molecule has 1 saturated heterocycles. The lowest BCUT2D eigenvalue weighted by atomic mass is 9.78. The lowest BCUT2D eigenvalue weighted by molar-refractivity contribution is 0.250. The Hall–Kier alpha value is -0.0800. The van der Waals surface area contributed by atoms with E-state index in [1.165, 1.54) is 70.8 Å². The van der Waals surface area contributed by atoms with Crippen molar-refractivity contribution in [2.24, 2.45) is 5.73 Å². The molecule has 2 aliphatic rings. The third kappa shape index (κ3) is 3.46. The topological polar surface area (TPSA) is 38.0 Å². The SMILES string of the molecule is NC1(CCC2CCCCN2)CCCCC1. The Labute approximate surface area is 94.0 Å². The predicted molar refractivity (Wildman–Crippen MR) is 64.9 cm³/mol. The van der Waals surface area contributed by atoms with Gasteiger partial charge >= 0.3 is 0 Å². The zero-order chi connectivity index (χ0) is 10.6. The normalized spacial score (nSPS) is 31.4. The van der Waals surface area contributed by atoms with Gasteiger partial charge in [-0.1, -0.05) is 25.7 Å². The third-order valence-corrected chi connectivity index (χ3v) is 4.25. The monoisotopic (exact) mass is 210 g/mol. The number of piperidine rings is 1. The average Bonchev–Trinajstić information content (AvgIpc) is 2.29. The first-order chi connectivity index (χ1) is 7.29. The van der Waals surface area contributed by atoms with Crippen LogP contribution in [0.4, 0.5) is 0 Å². The van der Waals surface area contributed by atoms with Crippen molar-refractivity contribution in [2.45, 2.75) is 75.8 Å². The molecule has 1 aliphatic heterocycles. The lowest BCUT2D eigenvalue weighted by Gasteiger charge is -2.35. The van der Waals surface area contributed by atoms with Crippen LogP contribution < -0.4 is 11.1 Å². The predicted octanol–water partition coefficient (Wildman–Crippen LogP) is 2.57. The average molecular weight is 210 g/mol. The second-order valence-electron chi connectivity index (χ2n) is 5.61. The Morgan fingerprint density at radius 1 is 1.07 bits per heavy atom. The van der Waals surface area contributed by atoms with Gasteiger partial charge in [0.25, 0.3) is 0 Å². The van der Waals surface area contributed by atoms with E-state index in [2.05, 4.69) is 5.32 Å². The molecule has 0 aromatic heterocycles. The van der Waals surface area contributed by atoms with Crippen molar-refractivity contribution >= 4 is 0 Å². The summed E-state index contributed by atoms with van der Waals surface area (Å²) in [6.45, 7) is 1.22. The van der Waals surface area contributed by atoms with Gasteiger partial charge in [0, 0.05) is 11.6 Å². The van der Waals surface area contributed by atoms with E-state index in [-0.39, 0.29) is 5.54 Å². The lowest BCUT2D eigenvalue weighted by Crippen LogP contribution is -2.44. The summed E-state index contributed by atoms with van der Waals surface area (Å²) >= 11 is 0. The van der Waals surface area contributed by atoms with Crippen LogP contribution in [-0.4, -0.2) is 18.1 Å². The van der Waals surface area contributed by atoms with Gasteiger partial charge < -0.3 is 11.1 Å². The van der Waals surface area contributed by atoms with E-state index in [1.54, 1.807) is 0 Å². The largest absolute Gasteiger partial charge is 0.325 e. The maximum atomic E-state index is 6.45. The van der Waals surface area contributed by atoms with Gasteiger partial charge in [0.15, 0.2) is 0 Å². The van der Waals surface area contributed by atoms with E-state index in [0.717, 1.165) is 6.04 Å². The van der Waals surface area contributed by atoms with Crippen LogP contribution in [0.25, 0.3) is 0 Å². The van der Waals surface area contributed by atoms with Crippen molar-refractivity contribution in [3.8, 4) is 0 Å². The van der Waals surface area contributed by atoms with E-state index in [1.807, 2.05) is 0 Å². The molecule has 0 aromatic rings. The van der Waals surface area contributed by atoms with Gasteiger partial charge in [-0.15, -0.1) is 0 Å². The van der Waals surface area contributed by atoms with Crippen molar-refractivity contribution in [3.63, 3.8) is 0 Å². The summed E-state index contributed by atoms with van der Waals surface area (Å²) in [5.41, 5.74) is 6.64. The van der Waals surface area contributed by atoms with Crippen LogP contribution in [0.2, 0.25) is 0 Å². The molecule has 2 nitrogen and oxygen atoms in total. The van der Waals surface area contributed by atoms with Gasteiger partial charge in [-0.25, -0.2) is 0 Å². The molecule has 0 amide bonds. The van der Waals surface area contributed by atoms with E-state index >= 15 is 0 Å². The molecule has 0 aromatic carbocycles. The molecule has 1 atom stereocenters. The molecule has 88 valence electrons. The van der Waals surface area contributed by atoms with Gasteiger partial charge in [-0.05, 0) is 45.1 Å². The first-order valence-corrected chi connectivity index (χ1v) is 6.81. The van der Waals surface area contributed by atoms with Gasteiger partial charge in [-0.3, -0.25) is 0 Å². The number of nitrogens with one attached hydrogen (secondary N) is 1. The molecular weight excluding hydrogens is 184 g/mol. The number of hydrogen-bond acceptors (Lipinski definition) is 2. The minimum Gasteiger partial charge on any atom is -0.325 e. The molecule has 1 heterocycles. The second-order valence-corrected chi connectivity index (χ2v) is 5.61. The first-order valence-electron chi connectivity index (χ1n) is 6.81. The summed E-state index contributed by atoms with van der Waals surface area (Å²) in [6.07, 6.45) is 13.3. The van der Waals surface area contributed by atoms with Crippen LogP contribution >= 0.6 is 0 Å². The van der Waals surface area contributed by atoms with Crippen LogP contribution in [0.15, 0.2) is 0 Å². The molecule has 2 rings (SSSR count). The fourth-order valence-corrected chi connectivity index (χ4v) is 3.14. The summed E-state index contributed by atoms with van der Waals surface area (Å²) in [4.78, 5) is 0. The van der Waals surface area contributed by atoms with E-state index < -0.39 is 0 Å². The molecule has 3 N–H and O–H groups in total. The Kier molecular flexibility index (Phi) is 4.04. The van der Waals surface area contributed by atoms with Crippen LogP contribution in [0.5, 0.6) is 0 Å². The highest BCUT2D eigenvalue weighted by molar-refractivity contribution is 4.88. The number of hydrogen-bond donors (Lipinski definition) is 2. The van der Waals surface area contributed by atoms with Gasteiger partial charge in [0.05, 0.1) is 0 Å². The standard InChI is InChI=1S/C13H26N2/c14-13(8-3-1-4-9-13)10-7-12-6-2-5-11-15-12/h12,15H,1-11,14H2. The molecule has 0 spiro atoms. The summed E-state index contributed by atoms with van der Waals surface area (Å²) in [7, 11) is 0. The van der Waals surface area contributed by atoms with E-state index in [4.69, 9.17) is 5.73 Å². The highest BCUT2D eigenvalue weighted by Gasteiger charge is 2.28. The fourth-order valence-electron chi connectivity index (χ4n) is 3.14. The molecule has 1 saturated carbocycles. The summed E-state index contributed by atoms with van der Waals surface area (Å²) in [6, 6.07) is 0.765. The zero-order valence-corrected chi connectivity index (χ0v) is 9.93. The van der Waals surface area contributed by atoms with Crippen LogP contribution in [-0.2, 0) is 0 Å². The summed E-state index contributed by atoms with van der Waals surface area (Å²) in [5.74, 6) is 0. The maximum Gasteiger partial charge on any atom is 0.0154 e. The summed E-state index contributed by atoms with van der Waals surface area (Å²) in [5, 5.41) is 3.62. The molecule has 0 radical (unpaired) electrons. The van der Waals surface area contributed by atoms with Crippen molar-refractivity contribution in [3.05, 3.63) is 0 Å². The van der Waals surface area contributed by atoms with Crippen molar-refractivity contribution in [1.82, 2.24) is 5.32 Å². The number of nitrogens with two attached hydrogens (primary N) is 1. The third-order valence-electron chi connectivity index (χ3n) is 4.25.